The van der Waals surface area contributed by atoms with Gasteiger partial charge in [0.2, 0.25) is 0 Å². The quantitative estimate of drug-likeness (QED) is 0.258. The van der Waals surface area contributed by atoms with E-state index in [1.807, 2.05) is 6.07 Å². The van der Waals surface area contributed by atoms with Crippen molar-refractivity contribution >= 4 is 22.6 Å². The first kappa shape index (κ1) is 27.6. The molecule has 1 nitrogen and oxygen atoms in total. The molecular weight excluding hydrogens is 560 g/mol. The molecule has 0 aliphatic carbocycles. The molecule has 0 spiro atoms. The second-order valence-electron chi connectivity index (χ2n) is 10.0. The Balaban J connectivity index is 2.53. The van der Waals surface area contributed by atoms with Gasteiger partial charge in [-0.3, -0.25) is 0 Å². The third-order valence-electron chi connectivity index (χ3n) is 6.53. The number of rotatable bonds is 6. The number of aryl methyl sites for hydroxylation is 1. The van der Waals surface area contributed by atoms with Crippen molar-refractivity contribution in [2.75, 3.05) is 7.11 Å². The van der Waals surface area contributed by atoms with Crippen molar-refractivity contribution in [2.45, 2.75) is 72.4 Å². The van der Waals surface area contributed by atoms with Gasteiger partial charge in [0, 0.05) is 5.56 Å². The lowest BCUT2D eigenvalue weighted by atomic mass is 9.75. The summed E-state index contributed by atoms with van der Waals surface area (Å²) in [5, 5.41) is 0. The highest BCUT2D eigenvalue weighted by molar-refractivity contribution is 14.1. The topological polar surface area (TPSA) is 9.23 Å². The lowest BCUT2D eigenvalue weighted by Crippen LogP contribution is -2.09. The molecule has 3 aromatic rings. The summed E-state index contributed by atoms with van der Waals surface area (Å²) in [7, 11) is 1.68. The summed E-state index contributed by atoms with van der Waals surface area (Å²) < 4.78 is 46.7. The lowest BCUT2D eigenvalue weighted by molar-refractivity contribution is -0.137. The van der Waals surface area contributed by atoms with Crippen molar-refractivity contribution in [3.05, 3.63) is 73.9 Å². The summed E-state index contributed by atoms with van der Waals surface area (Å²) in [5.41, 5.74) is 8.28. The van der Waals surface area contributed by atoms with Crippen LogP contribution in [0.15, 0.2) is 42.5 Å². The zero-order chi connectivity index (χ0) is 26.2. The Morgan fingerprint density at radius 2 is 1.29 bits per heavy atom. The minimum absolute atomic E-state index is 0.153. The molecule has 188 valence electrons. The molecule has 0 fully saturated rings. The molecule has 0 saturated carbocycles. The average molecular weight is 594 g/mol. The molecule has 35 heavy (non-hydrogen) atoms. The third-order valence-corrected chi connectivity index (χ3v) is 7.61. The molecule has 0 aromatic heterocycles. The van der Waals surface area contributed by atoms with Crippen LogP contribution >= 0.6 is 22.6 Å². The molecule has 3 aromatic carbocycles. The SMILES string of the molecule is COc1ccc(C)c(-c2c(C(C)C)cc(C(C)C)c(-c3ccc(C(F)(F)F)cc3)c2C(C)C)c1I. The van der Waals surface area contributed by atoms with Gasteiger partial charge in [0.25, 0.3) is 0 Å². The van der Waals surface area contributed by atoms with Crippen LogP contribution in [0.1, 0.15) is 87.1 Å². The monoisotopic (exact) mass is 594 g/mol. The van der Waals surface area contributed by atoms with Crippen molar-refractivity contribution < 1.29 is 17.9 Å². The maximum atomic E-state index is 13.3. The molecule has 0 atom stereocenters. The number of hydrogen-bond acceptors (Lipinski definition) is 1. The maximum Gasteiger partial charge on any atom is 0.416 e. The third kappa shape index (κ3) is 5.40. The minimum atomic E-state index is -4.36. The fourth-order valence-electron chi connectivity index (χ4n) is 4.78. The van der Waals surface area contributed by atoms with Crippen LogP contribution in [0.2, 0.25) is 0 Å². The number of benzene rings is 3. The first-order chi connectivity index (χ1) is 16.3. The molecular formula is C30H34F3IO. The molecule has 3 rings (SSSR count). The van der Waals surface area contributed by atoms with E-state index in [4.69, 9.17) is 4.74 Å². The van der Waals surface area contributed by atoms with Crippen LogP contribution in [0.5, 0.6) is 5.75 Å². The number of halogens is 4. The van der Waals surface area contributed by atoms with Gasteiger partial charge in [-0.25, -0.2) is 0 Å². The predicted octanol–water partition coefficient (Wildman–Crippen LogP) is 10.3. The molecule has 0 unspecified atom stereocenters. The van der Waals surface area contributed by atoms with Gasteiger partial charge in [0.15, 0.2) is 0 Å². The van der Waals surface area contributed by atoms with E-state index in [1.165, 1.54) is 28.8 Å². The van der Waals surface area contributed by atoms with Gasteiger partial charge in [0.1, 0.15) is 5.75 Å². The number of alkyl halides is 3. The molecule has 0 N–H and O–H groups in total. The van der Waals surface area contributed by atoms with Crippen LogP contribution in [-0.4, -0.2) is 7.11 Å². The molecule has 0 bridgehead atoms. The van der Waals surface area contributed by atoms with Gasteiger partial charge >= 0.3 is 6.18 Å². The zero-order valence-electron chi connectivity index (χ0n) is 21.7. The van der Waals surface area contributed by atoms with Gasteiger partial charge in [-0.05, 0) is 104 Å². The molecule has 0 radical (unpaired) electrons. The van der Waals surface area contributed by atoms with E-state index in [-0.39, 0.29) is 17.8 Å². The van der Waals surface area contributed by atoms with Crippen molar-refractivity contribution in [3.63, 3.8) is 0 Å². The summed E-state index contributed by atoms with van der Waals surface area (Å²) in [6.45, 7) is 15.2. The lowest BCUT2D eigenvalue weighted by Gasteiger charge is -2.29. The van der Waals surface area contributed by atoms with E-state index in [2.05, 4.69) is 83.2 Å². The highest BCUT2D eigenvalue weighted by atomic mass is 127. The van der Waals surface area contributed by atoms with E-state index in [1.54, 1.807) is 19.2 Å². The van der Waals surface area contributed by atoms with Crippen LogP contribution in [0, 0.1) is 10.5 Å². The van der Waals surface area contributed by atoms with Crippen LogP contribution < -0.4 is 4.74 Å². The smallest absolute Gasteiger partial charge is 0.416 e. The van der Waals surface area contributed by atoms with Crippen molar-refractivity contribution in [3.8, 4) is 28.0 Å². The predicted molar refractivity (Wildman–Crippen MR) is 149 cm³/mol. The summed E-state index contributed by atoms with van der Waals surface area (Å²) in [4.78, 5) is 0. The van der Waals surface area contributed by atoms with Gasteiger partial charge < -0.3 is 4.74 Å². The highest BCUT2D eigenvalue weighted by Gasteiger charge is 2.31. The Morgan fingerprint density at radius 1 is 0.743 bits per heavy atom. The first-order valence-corrected chi connectivity index (χ1v) is 13.1. The van der Waals surface area contributed by atoms with Crippen LogP contribution in [0.4, 0.5) is 13.2 Å². The number of ether oxygens (including phenoxy) is 1. The Morgan fingerprint density at radius 3 is 1.74 bits per heavy atom. The molecule has 0 heterocycles. The Bertz CT molecular complexity index is 1210. The molecule has 5 heteroatoms. The number of methoxy groups -OCH3 is 1. The normalized spacial score (nSPS) is 12.2. The largest absolute Gasteiger partial charge is 0.496 e. The van der Waals surface area contributed by atoms with E-state index in [0.717, 1.165) is 37.1 Å². The second kappa shape index (κ2) is 10.5. The highest BCUT2D eigenvalue weighted by Crippen LogP contribution is 2.49. The van der Waals surface area contributed by atoms with Crippen molar-refractivity contribution in [2.24, 2.45) is 0 Å². The van der Waals surface area contributed by atoms with Crippen molar-refractivity contribution in [1.29, 1.82) is 0 Å². The fraction of sp³-hybridized carbons (Fsp3) is 0.400. The maximum absolute atomic E-state index is 13.3. The standard InChI is InChI=1S/C30H34F3IO/c1-16(2)22-15-23(17(3)4)28(26-19(7)9-14-24(35-8)29(26)34)25(18(5)6)27(22)20-10-12-21(13-11-20)30(31,32)33/h9-18H,1-8H3. The number of hydrogen-bond donors (Lipinski definition) is 0. The van der Waals surface area contributed by atoms with E-state index in [0.29, 0.717) is 0 Å². The Labute approximate surface area is 221 Å². The zero-order valence-corrected chi connectivity index (χ0v) is 23.9. The van der Waals surface area contributed by atoms with Crippen LogP contribution in [-0.2, 0) is 6.18 Å². The summed E-state index contributed by atoms with van der Waals surface area (Å²) in [5.74, 6) is 1.45. The van der Waals surface area contributed by atoms with Gasteiger partial charge in [0.05, 0.1) is 16.2 Å². The van der Waals surface area contributed by atoms with Gasteiger partial charge in [-0.1, -0.05) is 65.8 Å². The summed E-state index contributed by atoms with van der Waals surface area (Å²) in [6, 6.07) is 12.0. The summed E-state index contributed by atoms with van der Waals surface area (Å²) in [6.07, 6.45) is -4.36. The van der Waals surface area contributed by atoms with E-state index < -0.39 is 11.7 Å². The molecule has 0 amide bonds. The molecule has 0 saturated heterocycles. The first-order valence-electron chi connectivity index (χ1n) is 12.0. The van der Waals surface area contributed by atoms with E-state index >= 15 is 0 Å². The fourth-order valence-corrected chi connectivity index (χ4v) is 5.88. The minimum Gasteiger partial charge on any atom is -0.496 e. The van der Waals surface area contributed by atoms with Crippen molar-refractivity contribution in [1.82, 2.24) is 0 Å². The Hall–Kier alpha value is -2.02. The molecule has 0 aliphatic heterocycles. The van der Waals surface area contributed by atoms with Gasteiger partial charge in [-0.15, -0.1) is 0 Å². The second-order valence-corrected chi connectivity index (χ2v) is 11.1. The van der Waals surface area contributed by atoms with Gasteiger partial charge in [-0.2, -0.15) is 13.2 Å². The van der Waals surface area contributed by atoms with Crippen LogP contribution in [0.25, 0.3) is 22.3 Å². The Kier molecular flexibility index (Phi) is 8.30. The van der Waals surface area contributed by atoms with E-state index in [9.17, 15) is 13.2 Å². The molecule has 0 aliphatic rings. The van der Waals surface area contributed by atoms with Crippen LogP contribution in [0.3, 0.4) is 0 Å². The summed E-state index contributed by atoms with van der Waals surface area (Å²) >= 11 is 2.36. The average Bonchev–Trinajstić information content (AvgIpc) is 2.77.